The van der Waals surface area contributed by atoms with E-state index in [1.807, 2.05) is 13.8 Å². The maximum absolute atomic E-state index is 12.0. The van der Waals surface area contributed by atoms with E-state index in [0.29, 0.717) is 6.42 Å². The summed E-state index contributed by atoms with van der Waals surface area (Å²) in [5, 5.41) is 0. The molecule has 0 saturated heterocycles. The molecule has 0 aromatic carbocycles. The molecular formula is C20H32O6. The van der Waals surface area contributed by atoms with Crippen LogP contribution in [0.2, 0.25) is 0 Å². The molecule has 0 bridgehead atoms. The van der Waals surface area contributed by atoms with Crippen molar-refractivity contribution in [3.8, 4) is 0 Å². The predicted octanol–water partition coefficient (Wildman–Crippen LogP) is 3.58. The van der Waals surface area contributed by atoms with Gasteiger partial charge in [0, 0.05) is 0 Å². The number of hydrogen-bond donors (Lipinski definition) is 0. The van der Waals surface area contributed by atoms with Crippen molar-refractivity contribution in [2.75, 3.05) is 13.2 Å². The van der Waals surface area contributed by atoms with E-state index < -0.39 is 23.0 Å². The molecule has 1 fully saturated rings. The van der Waals surface area contributed by atoms with E-state index in [2.05, 4.69) is 6.58 Å². The highest BCUT2D eigenvalue weighted by Crippen LogP contribution is 2.39. The van der Waals surface area contributed by atoms with Crippen molar-refractivity contribution < 1.29 is 28.6 Å². The third-order valence-electron chi connectivity index (χ3n) is 5.24. The van der Waals surface area contributed by atoms with E-state index in [-0.39, 0.29) is 37.9 Å². The highest BCUT2D eigenvalue weighted by atomic mass is 16.6. The molecule has 2 atom stereocenters. The van der Waals surface area contributed by atoms with Crippen molar-refractivity contribution in [1.29, 1.82) is 0 Å². The zero-order chi connectivity index (χ0) is 19.8. The first-order chi connectivity index (χ1) is 12.2. The normalized spacial score (nSPS) is 22.5. The summed E-state index contributed by atoms with van der Waals surface area (Å²) in [4.78, 5) is 35.5. The maximum Gasteiger partial charge on any atom is 0.311 e. The summed E-state index contributed by atoms with van der Waals surface area (Å²) in [6.07, 6.45) is 5.03. The summed E-state index contributed by atoms with van der Waals surface area (Å²) in [6.45, 7) is 11.3. The fourth-order valence-electron chi connectivity index (χ4n) is 2.84. The maximum atomic E-state index is 12.0. The Morgan fingerprint density at radius 2 is 1.77 bits per heavy atom. The highest BCUT2D eigenvalue weighted by Gasteiger charge is 2.41. The van der Waals surface area contributed by atoms with Gasteiger partial charge in [0.15, 0.2) is 0 Å². The molecule has 0 N–H and O–H groups in total. The minimum atomic E-state index is -0.610. The first-order valence-corrected chi connectivity index (χ1v) is 9.35. The van der Waals surface area contributed by atoms with Crippen LogP contribution in [0, 0.1) is 11.3 Å². The van der Waals surface area contributed by atoms with E-state index >= 15 is 0 Å². The minimum absolute atomic E-state index is 0.00946. The fraction of sp³-hybridized carbons (Fsp3) is 0.750. The third-order valence-corrected chi connectivity index (χ3v) is 5.24. The zero-order valence-electron chi connectivity index (χ0n) is 16.5. The number of carbonyl (C=O) groups excluding carboxylic acids is 3. The molecular weight excluding hydrogens is 336 g/mol. The molecule has 0 radical (unpaired) electrons. The summed E-state index contributed by atoms with van der Waals surface area (Å²) in [5.41, 5.74) is -1.16. The van der Waals surface area contributed by atoms with E-state index in [1.165, 1.54) is 0 Å². The van der Waals surface area contributed by atoms with Crippen LogP contribution in [0.5, 0.6) is 0 Å². The first kappa shape index (κ1) is 22.2. The lowest BCUT2D eigenvalue weighted by molar-refractivity contribution is -0.162. The standard InChI is InChI=1S/C20H32O6/c1-6-19(4,5)18(23)25-14-13-24-16(21)10-11-17(22)26-20(7-2)12-8-9-15(20)3/h7,15H,2,6,8-14H2,1,3-5H3. The summed E-state index contributed by atoms with van der Waals surface area (Å²) >= 11 is 0. The van der Waals surface area contributed by atoms with Gasteiger partial charge < -0.3 is 14.2 Å². The Morgan fingerprint density at radius 3 is 2.31 bits per heavy atom. The van der Waals surface area contributed by atoms with Crippen molar-refractivity contribution >= 4 is 17.9 Å². The Hall–Kier alpha value is -1.85. The molecule has 6 nitrogen and oxygen atoms in total. The van der Waals surface area contributed by atoms with Crippen LogP contribution in [0.25, 0.3) is 0 Å². The Morgan fingerprint density at radius 1 is 1.15 bits per heavy atom. The first-order valence-electron chi connectivity index (χ1n) is 9.35. The highest BCUT2D eigenvalue weighted by molar-refractivity contribution is 5.78. The topological polar surface area (TPSA) is 78.9 Å². The van der Waals surface area contributed by atoms with Gasteiger partial charge in [0.2, 0.25) is 0 Å². The van der Waals surface area contributed by atoms with E-state index in [0.717, 1.165) is 19.3 Å². The fourth-order valence-corrected chi connectivity index (χ4v) is 2.84. The molecule has 0 aromatic heterocycles. The summed E-state index contributed by atoms with van der Waals surface area (Å²) in [6, 6.07) is 0. The Labute approximate surface area is 156 Å². The van der Waals surface area contributed by atoms with E-state index in [9.17, 15) is 14.4 Å². The van der Waals surface area contributed by atoms with E-state index in [1.54, 1.807) is 19.9 Å². The van der Waals surface area contributed by atoms with Gasteiger partial charge in [0.05, 0.1) is 18.3 Å². The Balaban J connectivity index is 2.25. The predicted molar refractivity (Wildman–Crippen MR) is 97.3 cm³/mol. The zero-order valence-corrected chi connectivity index (χ0v) is 16.5. The van der Waals surface area contributed by atoms with Gasteiger partial charge in [0.25, 0.3) is 0 Å². The molecule has 1 rings (SSSR count). The van der Waals surface area contributed by atoms with Crippen LogP contribution in [0.1, 0.15) is 66.2 Å². The molecule has 0 aliphatic heterocycles. The molecule has 1 aliphatic carbocycles. The molecule has 1 aliphatic rings. The molecule has 0 amide bonds. The third kappa shape index (κ3) is 6.15. The lowest BCUT2D eigenvalue weighted by atomic mass is 9.91. The SMILES string of the molecule is C=CC1(OC(=O)CCC(=O)OCCOC(=O)C(C)(C)CC)CCCC1C. The van der Waals surface area contributed by atoms with E-state index in [4.69, 9.17) is 14.2 Å². The van der Waals surface area contributed by atoms with Crippen molar-refractivity contribution in [2.24, 2.45) is 11.3 Å². The van der Waals surface area contributed by atoms with Crippen LogP contribution in [0.15, 0.2) is 12.7 Å². The summed E-state index contributed by atoms with van der Waals surface area (Å²) in [7, 11) is 0. The summed E-state index contributed by atoms with van der Waals surface area (Å²) < 4.78 is 15.7. The Bertz CT molecular complexity index is 524. The van der Waals surface area contributed by atoms with Crippen molar-refractivity contribution in [1.82, 2.24) is 0 Å². The van der Waals surface area contributed by atoms with Gasteiger partial charge in [-0.25, -0.2) is 0 Å². The van der Waals surface area contributed by atoms with Crippen LogP contribution in [0.4, 0.5) is 0 Å². The molecule has 148 valence electrons. The van der Waals surface area contributed by atoms with Crippen molar-refractivity contribution in [3.05, 3.63) is 12.7 Å². The Kier molecular flexibility index (Phi) is 8.31. The minimum Gasteiger partial charge on any atom is -0.462 e. The quantitative estimate of drug-likeness (QED) is 0.254. The van der Waals surface area contributed by atoms with Crippen LogP contribution in [-0.2, 0) is 28.6 Å². The van der Waals surface area contributed by atoms with Crippen molar-refractivity contribution in [2.45, 2.75) is 71.8 Å². The number of carbonyl (C=O) groups is 3. The van der Waals surface area contributed by atoms with Gasteiger partial charge in [0.1, 0.15) is 18.8 Å². The van der Waals surface area contributed by atoms with Gasteiger partial charge in [-0.15, -0.1) is 0 Å². The van der Waals surface area contributed by atoms with Crippen LogP contribution < -0.4 is 0 Å². The average molecular weight is 368 g/mol. The second-order valence-corrected chi connectivity index (χ2v) is 7.52. The van der Waals surface area contributed by atoms with Crippen LogP contribution in [-0.4, -0.2) is 36.7 Å². The summed E-state index contributed by atoms with van der Waals surface area (Å²) in [5.74, 6) is -1.02. The molecule has 26 heavy (non-hydrogen) atoms. The molecule has 0 heterocycles. The molecule has 6 heteroatoms. The van der Waals surface area contributed by atoms with Crippen LogP contribution >= 0.6 is 0 Å². The van der Waals surface area contributed by atoms with Crippen LogP contribution in [0.3, 0.4) is 0 Å². The molecule has 0 aromatic rings. The second-order valence-electron chi connectivity index (χ2n) is 7.52. The largest absolute Gasteiger partial charge is 0.462 e. The van der Waals surface area contributed by atoms with Gasteiger partial charge in [-0.05, 0) is 51.5 Å². The van der Waals surface area contributed by atoms with Gasteiger partial charge >= 0.3 is 17.9 Å². The average Bonchev–Trinajstić information content (AvgIpc) is 2.97. The van der Waals surface area contributed by atoms with Gasteiger partial charge in [-0.3, -0.25) is 14.4 Å². The second kappa shape index (κ2) is 9.74. The molecule has 0 spiro atoms. The number of esters is 3. The number of rotatable bonds is 10. The lowest BCUT2D eigenvalue weighted by Crippen LogP contribution is -2.35. The van der Waals surface area contributed by atoms with Gasteiger partial charge in [-0.1, -0.05) is 20.4 Å². The monoisotopic (exact) mass is 368 g/mol. The molecule has 2 unspecified atom stereocenters. The molecule has 1 saturated carbocycles. The van der Waals surface area contributed by atoms with Gasteiger partial charge in [-0.2, -0.15) is 0 Å². The number of ether oxygens (including phenoxy) is 3. The number of hydrogen-bond acceptors (Lipinski definition) is 6. The lowest BCUT2D eigenvalue weighted by Gasteiger charge is -2.30. The smallest absolute Gasteiger partial charge is 0.311 e. The van der Waals surface area contributed by atoms with Crippen molar-refractivity contribution in [3.63, 3.8) is 0 Å².